The van der Waals surface area contributed by atoms with Gasteiger partial charge in [-0.1, -0.05) is 140 Å². The molecule has 0 spiro atoms. The lowest BCUT2D eigenvalue weighted by Crippen LogP contribution is -2.37. The molecule has 0 bridgehead atoms. The van der Waals surface area contributed by atoms with Crippen LogP contribution in [0.3, 0.4) is 0 Å². The number of hydrogen-bond acceptors (Lipinski definition) is 7. The molecule has 0 aliphatic carbocycles. The highest BCUT2D eigenvalue weighted by Crippen LogP contribution is 2.43. The molecule has 0 aromatic carbocycles. The first-order valence-corrected chi connectivity index (χ1v) is 23.2. The molecule has 0 radical (unpaired) electrons. The van der Waals surface area contributed by atoms with E-state index < -0.39 is 26.5 Å². The number of phosphoric acid groups is 1. The van der Waals surface area contributed by atoms with Crippen molar-refractivity contribution in [3.63, 3.8) is 0 Å². The fraction of sp³-hybridized carbons (Fsp3) is 0.818. The van der Waals surface area contributed by atoms with Gasteiger partial charge in [-0.2, -0.15) is 0 Å². The second-order valence-electron chi connectivity index (χ2n) is 15.7. The lowest BCUT2D eigenvalue weighted by atomic mass is 10.1. The molecule has 54 heavy (non-hydrogen) atoms. The van der Waals surface area contributed by atoms with E-state index in [0.29, 0.717) is 17.4 Å². The van der Waals surface area contributed by atoms with Crippen LogP contribution in [0.25, 0.3) is 0 Å². The molecule has 0 heterocycles. The zero-order chi connectivity index (χ0) is 40.0. The number of hydrogen-bond donors (Lipinski definition) is 1. The first-order chi connectivity index (χ1) is 26.0. The third-order valence-corrected chi connectivity index (χ3v) is 10.1. The molecular weight excluding hydrogens is 701 g/mol. The molecule has 0 saturated heterocycles. The van der Waals surface area contributed by atoms with Crippen molar-refractivity contribution in [2.24, 2.45) is 0 Å². The van der Waals surface area contributed by atoms with Gasteiger partial charge in [-0.15, -0.1) is 0 Å². The van der Waals surface area contributed by atoms with Crippen molar-refractivity contribution in [3.05, 3.63) is 36.5 Å². The van der Waals surface area contributed by atoms with E-state index in [1.165, 1.54) is 83.5 Å². The maximum Gasteiger partial charge on any atom is 0.472 e. The summed E-state index contributed by atoms with van der Waals surface area (Å²) in [4.78, 5) is 35.3. The number of quaternary nitrogens is 1. The summed E-state index contributed by atoms with van der Waals surface area (Å²) in [7, 11) is 1.47. The maximum absolute atomic E-state index is 12.6. The van der Waals surface area contributed by atoms with Crippen LogP contribution in [0.2, 0.25) is 0 Å². The van der Waals surface area contributed by atoms with Crippen LogP contribution in [0.15, 0.2) is 36.5 Å². The summed E-state index contributed by atoms with van der Waals surface area (Å²) < 4.78 is 34.2. The van der Waals surface area contributed by atoms with E-state index in [0.717, 1.165) is 64.2 Å². The molecule has 0 amide bonds. The number of unbranched alkanes of at least 4 members (excludes halogenated alkanes) is 19. The highest BCUT2D eigenvalue weighted by Gasteiger charge is 2.27. The number of nitrogens with zero attached hydrogens (tertiary/aromatic N) is 1. The van der Waals surface area contributed by atoms with Gasteiger partial charge in [0.05, 0.1) is 27.7 Å². The van der Waals surface area contributed by atoms with E-state index in [1.54, 1.807) is 0 Å². The first kappa shape index (κ1) is 52.2. The Kier molecular flexibility index (Phi) is 35.6. The molecule has 0 aromatic heterocycles. The predicted octanol–water partition coefficient (Wildman–Crippen LogP) is 12.1. The molecule has 0 saturated carbocycles. The summed E-state index contributed by atoms with van der Waals surface area (Å²) in [5.41, 5.74) is 0. The fourth-order valence-corrected chi connectivity index (χ4v) is 6.41. The highest BCUT2D eigenvalue weighted by molar-refractivity contribution is 7.47. The predicted molar refractivity (Wildman–Crippen MR) is 224 cm³/mol. The number of carbonyl (C=O) groups excluding carboxylic acids is 2. The molecule has 0 rings (SSSR count). The molecule has 9 nitrogen and oxygen atoms in total. The normalized spacial score (nSPS) is 14.0. The summed E-state index contributed by atoms with van der Waals surface area (Å²) in [6.45, 7) is 4.34. The van der Waals surface area contributed by atoms with Gasteiger partial charge in [-0.3, -0.25) is 18.6 Å². The van der Waals surface area contributed by atoms with Crippen LogP contribution in [0.4, 0.5) is 0 Å². The van der Waals surface area contributed by atoms with Crippen LogP contribution in [0.1, 0.15) is 181 Å². The van der Waals surface area contributed by atoms with Gasteiger partial charge in [0.1, 0.15) is 19.8 Å². The van der Waals surface area contributed by atoms with Crippen molar-refractivity contribution in [1.29, 1.82) is 0 Å². The SMILES string of the molecule is CCCC/C=C\CCCCCCCC(=O)O[C@H](COC(=O)CCCCCCCCCCC/C=C\C/C=C\CCCCC)COP(=O)(O)OCC[N+](C)(C)C. The number of allylic oxidation sites excluding steroid dienone is 6. The summed E-state index contributed by atoms with van der Waals surface area (Å²) in [6, 6.07) is 0. The standard InChI is InChI=1S/C44H82NO8P/c1-6-8-10-12-14-16-18-19-20-21-22-23-24-25-27-28-30-32-34-36-43(46)50-40-42(41-52-54(48,49)51-39-38-45(3,4)5)53-44(47)37-35-33-31-29-26-17-15-13-11-9-7-2/h13-16,19-20,42H,6-12,17-18,21-41H2,1-5H3/p+1/b15-13-,16-14-,20-19-/t42-/m1/s1. The molecule has 316 valence electrons. The number of ether oxygens (including phenoxy) is 2. The molecule has 0 aromatic rings. The van der Waals surface area contributed by atoms with E-state index in [9.17, 15) is 19.0 Å². The molecule has 10 heteroatoms. The summed E-state index contributed by atoms with van der Waals surface area (Å²) >= 11 is 0. The minimum Gasteiger partial charge on any atom is -0.462 e. The van der Waals surface area contributed by atoms with Gasteiger partial charge in [-0.05, 0) is 64.2 Å². The van der Waals surface area contributed by atoms with Crippen molar-refractivity contribution >= 4 is 19.8 Å². The summed E-state index contributed by atoms with van der Waals surface area (Å²) in [5.74, 6) is -0.815. The number of likely N-dealkylation sites (N-methyl/N-ethyl adjacent to an activating group) is 1. The lowest BCUT2D eigenvalue weighted by molar-refractivity contribution is -0.870. The van der Waals surface area contributed by atoms with Crippen molar-refractivity contribution in [3.8, 4) is 0 Å². The van der Waals surface area contributed by atoms with Crippen LogP contribution in [-0.4, -0.2) is 74.9 Å². The topological polar surface area (TPSA) is 108 Å². The Morgan fingerprint density at radius 3 is 1.54 bits per heavy atom. The molecule has 0 fully saturated rings. The third-order valence-electron chi connectivity index (χ3n) is 9.14. The van der Waals surface area contributed by atoms with E-state index in [1.807, 2.05) is 21.1 Å². The van der Waals surface area contributed by atoms with Crippen LogP contribution in [0.5, 0.6) is 0 Å². The summed E-state index contributed by atoms with van der Waals surface area (Å²) in [6.07, 6.45) is 40.5. The second-order valence-corrected chi connectivity index (χ2v) is 17.2. The van der Waals surface area contributed by atoms with E-state index in [-0.39, 0.29) is 32.0 Å². The van der Waals surface area contributed by atoms with Gasteiger partial charge in [-0.25, -0.2) is 4.57 Å². The minimum atomic E-state index is -4.37. The van der Waals surface area contributed by atoms with Crippen molar-refractivity contribution in [2.45, 2.75) is 187 Å². The quantitative estimate of drug-likeness (QED) is 0.0216. The Morgan fingerprint density at radius 2 is 1.02 bits per heavy atom. The van der Waals surface area contributed by atoms with Gasteiger partial charge < -0.3 is 18.9 Å². The zero-order valence-corrected chi connectivity index (χ0v) is 36.3. The van der Waals surface area contributed by atoms with Crippen molar-refractivity contribution < 1.29 is 42.1 Å². The van der Waals surface area contributed by atoms with Crippen molar-refractivity contribution in [1.82, 2.24) is 0 Å². The summed E-state index contributed by atoms with van der Waals surface area (Å²) in [5, 5.41) is 0. The van der Waals surface area contributed by atoms with Gasteiger partial charge in [0, 0.05) is 12.8 Å². The molecule has 0 aliphatic heterocycles. The molecule has 1 unspecified atom stereocenters. The Bertz CT molecular complexity index is 1020. The first-order valence-electron chi connectivity index (χ1n) is 21.7. The van der Waals surface area contributed by atoms with Crippen LogP contribution >= 0.6 is 7.82 Å². The molecule has 1 N–H and O–H groups in total. The second kappa shape index (κ2) is 36.8. The molecule has 2 atom stereocenters. The largest absolute Gasteiger partial charge is 0.472 e. The Balaban J connectivity index is 4.31. The number of esters is 2. The number of phosphoric ester groups is 1. The average Bonchev–Trinajstić information content (AvgIpc) is 3.12. The maximum atomic E-state index is 12.6. The van der Waals surface area contributed by atoms with E-state index >= 15 is 0 Å². The number of rotatable bonds is 39. The van der Waals surface area contributed by atoms with Crippen LogP contribution in [0, 0.1) is 0 Å². The van der Waals surface area contributed by atoms with Crippen LogP contribution < -0.4 is 0 Å². The monoisotopic (exact) mass is 785 g/mol. The van der Waals surface area contributed by atoms with Gasteiger partial charge >= 0.3 is 19.8 Å². The molecule has 0 aliphatic rings. The lowest BCUT2D eigenvalue weighted by Gasteiger charge is -2.24. The van der Waals surface area contributed by atoms with E-state index in [2.05, 4.69) is 50.3 Å². The average molecular weight is 785 g/mol. The van der Waals surface area contributed by atoms with E-state index in [4.69, 9.17) is 18.5 Å². The Hall–Kier alpha value is -1.77. The van der Waals surface area contributed by atoms with Gasteiger partial charge in [0.15, 0.2) is 6.10 Å². The third kappa shape index (κ3) is 39.9. The van der Waals surface area contributed by atoms with Gasteiger partial charge in [0.25, 0.3) is 0 Å². The number of carbonyl (C=O) groups is 2. The Labute approximate surface area is 331 Å². The van der Waals surface area contributed by atoms with Crippen molar-refractivity contribution in [2.75, 3.05) is 47.5 Å². The molecular formula is C44H83NO8P+. The minimum absolute atomic E-state index is 0.0292. The van der Waals surface area contributed by atoms with Crippen LogP contribution in [-0.2, 0) is 32.7 Å². The fourth-order valence-electron chi connectivity index (χ4n) is 5.67. The smallest absolute Gasteiger partial charge is 0.462 e. The van der Waals surface area contributed by atoms with Gasteiger partial charge in [0.2, 0.25) is 0 Å². The highest BCUT2D eigenvalue weighted by atomic mass is 31.2. The zero-order valence-electron chi connectivity index (χ0n) is 35.5. The Morgan fingerprint density at radius 1 is 0.574 bits per heavy atom.